The van der Waals surface area contributed by atoms with E-state index in [1.807, 2.05) is 4.57 Å². The first kappa shape index (κ1) is 11.6. The number of aromatic nitrogens is 2. The molecule has 1 aromatic carbocycles. The van der Waals surface area contributed by atoms with Gasteiger partial charge in [-0.3, -0.25) is 0 Å². The van der Waals surface area contributed by atoms with Gasteiger partial charge >= 0.3 is 5.97 Å². The van der Waals surface area contributed by atoms with Gasteiger partial charge in [0.1, 0.15) is 0 Å². The number of carboxylic acid groups (broad SMARTS) is 1. The second-order valence-electron chi connectivity index (χ2n) is 3.85. The van der Waals surface area contributed by atoms with Crippen molar-refractivity contribution in [3.63, 3.8) is 0 Å². The number of benzene rings is 1. The first-order valence-corrected chi connectivity index (χ1v) is 5.52. The number of aryl methyl sites for hydroxylation is 1. The van der Waals surface area contributed by atoms with Crippen LogP contribution in [0.25, 0.3) is 11.0 Å². The minimum atomic E-state index is -0.945. The van der Waals surface area contributed by atoms with Gasteiger partial charge in [-0.15, -0.1) is 0 Å². The van der Waals surface area contributed by atoms with Gasteiger partial charge in [-0.25, -0.2) is 9.78 Å². The lowest BCUT2D eigenvalue weighted by Crippen LogP contribution is -2.03. The maximum Gasteiger partial charge on any atom is 0.337 e. The number of aliphatic hydroxyl groups excluding tert-OH is 1. The van der Waals surface area contributed by atoms with Crippen molar-refractivity contribution < 1.29 is 15.0 Å². The summed E-state index contributed by atoms with van der Waals surface area (Å²) < 4.78 is 1.83. The van der Waals surface area contributed by atoms with E-state index in [0.717, 1.165) is 6.42 Å². The lowest BCUT2D eigenvalue weighted by molar-refractivity contribution is 0.0698. The third-order valence-electron chi connectivity index (χ3n) is 2.68. The minimum Gasteiger partial charge on any atom is -0.478 e. The van der Waals surface area contributed by atoms with Crippen LogP contribution in [0.1, 0.15) is 23.2 Å². The molecule has 0 atom stereocenters. The summed E-state index contributed by atoms with van der Waals surface area (Å²) in [6.45, 7) is 0.819. The Morgan fingerprint density at radius 3 is 2.88 bits per heavy atom. The maximum absolute atomic E-state index is 11.1. The van der Waals surface area contributed by atoms with Crippen molar-refractivity contribution in [3.8, 4) is 0 Å². The molecule has 5 nitrogen and oxygen atoms in total. The van der Waals surface area contributed by atoms with Gasteiger partial charge in [-0.05, 0) is 25.0 Å². The molecule has 0 saturated heterocycles. The van der Waals surface area contributed by atoms with Gasteiger partial charge in [0.05, 0.1) is 22.9 Å². The molecule has 1 heterocycles. The highest BCUT2D eigenvalue weighted by molar-refractivity contribution is 6.01. The molecule has 90 valence electrons. The zero-order valence-electron chi connectivity index (χ0n) is 9.33. The predicted molar refractivity (Wildman–Crippen MR) is 63.0 cm³/mol. The number of hydrogen-bond acceptors (Lipinski definition) is 3. The van der Waals surface area contributed by atoms with Crippen molar-refractivity contribution >= 4 is 17.0 Å². The van der Waals surface area contributed by atoms with Gasteiger partial charge in [-0.1, -0.05) is 6.07 Å². The van der Waals surface area contributed by atoms with Gasteiger partial charge < -0.3 is 14.8 Å². The standard InChI is InChI=1S/C12H14N2O3/c15-7-2-1-6-14-8-13-10-5-3-4-9(11(10)14)12(16)17/h3-5,8,15H,1-2,6-7H2,(H,16,17). The van der Waals surface area contributed by atoms with E-state index >= 15 is 0 Å². The number of fused-ring (bicyclic) bond motifs is 1. The lowest BCUT2D eigenvalue weighted by atomic mass is 10.2. The number of carbonyl (C=O) groups is 1. The largest absolute Gasteiger partial charge is 0.478 e. The van der Waals surface area contributed by atoms with E-state index in [1.165, 1.54) is 0 Å². The topological polar surface area (TPSA) is 75.3 Å². The molecule has 0 aliphatic heterocycles. The molecule has 1 aromatic heterocycles. The Hall–Kier alpha value is -1.88. The molecule has 2 rings (SSSR count). The van der Waals surface area contributed by atoms with Gasteiger partial charge in [0, 0.05) is 13.2 Å². The molecule has 0 saturated carbocycles. The first-order valence-electron chi connectivity index (χ1n) is 5.52. The van der Waals surface area contributed by atoms with E-state index in [2.05, 4.69) is 4.98 Å². The van der Waals surface area contributed by atoms with Crippen LogP contribution in [0.4, 0.5) is 0 Å². The van der Waals surface area contributed by atoms with Crippen LogP contribution in [0.15, 0.2) is 24.5 Å². The third-order valence-corrected chi connectivity index (χ3v) is 2.68. The Balaban J connectivity index is 2.39. The van der Waals surface area contributed by atoms with Crippen molar-refractivity contribution in [3.05, 3.63) is 30.1 Å². The minimum absolute atomic E-state index is 0.151. The molecule has 0 aliphatic carbocycles. The number of nitrogens with zero attached hydrogens (tertiary/aromatic N) is 2. The Bertz CT molecular complexity index is 534. The molecule has 0 amide bonds. The summed E-state index contributed by atoms with van der Waals surface area (Å²) >= 11 is 0. The SMILES string of the molecule is O=C(O)c1cccc2ncn(CCCCO)c12. The fourth-order valence-electron chi connectivity index (χ4n) is 1.86. The number of aliphatic hydroxyl groups is 1. The molecule has 2 N–H and O–H groups in total. The Morgan fingerprint density at radius 1 is 1.35 bits per heavy atom. The van der Waals surface area contributed by atoms with E-state index < -0.39 is 5.97 Å². The Kier molecular flexibility index (Phi) is 3.39. The summed E-state index contributed by atoms with van der Waals surface area (Å²) in [5.74, 6) is -0.945. The normalized spacial score (nSPS) is 10.9. The van der Waals surface area contributed by atoms with Crippen LogP contribution >= 0.6 is 0 Å². The van der Waals surface area contributed by atoms with E-state index in [-0.39, 0.29) is 12.2 Å². The van der Waals surface area contributed by atoms with Crippen LogP contribution < -0.4 is 0 Å². The second-order valence-corrected chi connectivity index (χ2v) is 3.85. The zero-order chi connectivity index (χ0) is 12.3. The fraction of sp³-hybridized carbons (Fsp3) is 0.333. The number of hydrogen-bond donors (Lipinski definition) is 2. The van der Waals surface area contributed by atoms with Crippen molar-refractivity contribution in [1.29, 1.82) is 0 Å². The molecule has 0 aliphatic rings. The fourth-order valence-corrected chi connectivity index (χ4v) is 1.86. The summed E-state index contributed by atoms with van der Waals surface area (Å²) in [7, 11) is 0. The zero-order valence-corrected chi connectivity index (χ0v) is 9.33. The molecule has 0 unspecified atom stereocenters. The van der Waals surface area contributed by atoms with Crippen LogP contribution in [0.5, 0.6) is 0 Å². The molecule has 0 spiro atoms. The van der Waals surface area contributed by atoms with Gasteiger partial charge in [-0.2, -0.15) is 0 Å². The van der Waals surface area contributed by atoms with Gasteiger partial charge in [0.15, 0.2) is 0 Å². The molecule has 2 aromatic rings. The quantitative estimate of drug-likeness (QED) is 0.769. The van der Waals surface area contributed by atoms with E-state index in [4.69, 9.17) is 10.2 Å². The molecule has 0 radical (unpaired) electrons. The maximum atomic E-state index is 11.1. The average Bonchev–Trinajstić information content (AvgIpc) is 2.73. The molecular formula is C12H14N2O3. The first-order chi connectivity index (χ1) is 8.24. The summed E-state index contributed by atoms with van der Waals surface area (Å²) in [4.78, 5) is 15.3. The highest BCUT2D eigenvalue weighted by atomic mass is 16.4. The van der Waals surface area contributed by atoms with Crippen molar-refractivity contribution in [2.75, 3.05) is 6.61 Å². The number of aromatic carboxylic acids is 1. The van der Waals surface area contributed by atoms with Crippen LogP contribution in [0.3, 0.4) is 0 Å². The summed E-state index contributed by atoms with van der Waals surface area (Å²) in [5, 5.41) is 17.8. The van der Waals surface area contributed by atoms with Crippen molar-refractivity contribution in [1.82, 2.24) is 9.55 Å². The highest BCUT2D eigenvalue weighted by Crippen LogP contribution is 2.18. The third kappa shape index (κ3) is 2.29. The molecule has 5 heteroatoms. The summed E-state index contributed by atoms with van der Waals surface area (Å²) in [6.07, 6.45) is 3.15. The van der Waals surface area contributed by atoms with Crippen LogP contribution in [-0.2, 0) is 6.54 Å². The van der Waals surface area contributed by atoms with E-state index in [1.54, 1.807) is 24.5 Å². The van der Waals surface area contributed by atoms with E-state index in [9.17, 15) is 4.79 Å². The monoisotopic (exact) mass is 234 g/mol. The van der Waals surface area contributed by atoms with Gasteiger partial charge in [0.2, 0.25) is 0 Å². The average molecular weight is 234 g/mol. The van der Waals surface area contributed by atoms with E-state index in [0.29, 0.717) is 24.0 Å². The molecule has 0 bridgehead atoms. The molecule has 17 heavy (non-hydrogen) atoms. The van der Waals surface area contributed by atoms with Gasteiger partial charge in [0.25, 0.3) is 0 Å². The van der Waals surface area contributed by atoms with Crippen molar-refractivity contribution in [2.24, 2.45) is 0 Å². The summed E-state index contributed by atoms with van der Waals surface area (Å²) in [5.41, 5.74) is 1.61. The van der Waals surface area contributed by atoms with Crippen LogP contribution in [0, 0.1) is 0 Å². The number of imidazole rings is 1. The smallest absolute Gasteiger partial charge is 0.337 e. The lowest BCUT2D eigenvalue weighted by Gasteiger charge is -2.05. The predicted octanol–water partition coefficient (Wildman–Crippen LogP) is 1.51. The van der Waals surface area contributed by atoms with Crippen molar-refractivity contribution in [2.45, 2.75) is 19.4 Å². The summed E-state index contributed by atoms with van der Waals surface area (Å²) in [6, 6.07) is 5.07. The highest BCUT2D eigenvalue weighted by Gasteiger charge is 2.12. The second kappa shape index (κ2) is 4.97. The molecular weight excluding hydrogens is 220 g/mol. The number of para-hydroxylation sites is 1. The number of carboxylic acids is 1. The Morgan fingerprint density at radius 2 is 2.18 bits per heavy atom. The number of rotatable bonds is 5. The Labute approximate surface area is 98.3 Å². The molecule has 0 fully saturated rings. The van der Waals surface area contributed by atoms with Crippen LogP contribution in [0.2, 0.25) is 0 Å². The van der Waals surface area contributed by atoms with Crippen LogP contribution in [-0.4, -0.2) is 32.3 Å². The number of unbranched alkanes of at least 4 members (excludes halogenated alkanes) is 1.